The second-order valence-electron chi connectivity index (χ2n) is 5.92. The average Bonchev–Trinajstić information content (AvgIpc) is 2.62. The predicted molar refractivity (Wildman–Crippen MR) is 87.0 cm³/mol. The maximum Gasteiger partial charge on any atom is 0.270 e. The van der Waals surface area contributed by atoms with Crippen LogP contribution in [0.3, 0.4) is 0 Å². The van der Waals surface area contributed by atoms with Gasteiger partial charge in [-0.3, -0.25) is 15.0 Å². The average molecular weight is 332 g/mol. The van der Waals surface area contributed by atoms with Crippen LogP contribution in [0.2, 0.25) is 0 Å². The summed E-state index contributed by atoms with van der Waals surface area (Å²) < 4.78 is 11.2. The molecule has 2 saturated heterocycles. The van der Waals surface area contributed by atoms with Gasteiger partial charge >= 0.3 is 0 Å². The van der Waals surface area contributed by atoms with Crippen molar-refractivity contribution in [2.75, 3.05) is 57.4 Å². The van der Waals surface area contributed by atoms with E-state index >= 15 is 0 Å². The second-order valence-corrected chi connectivity index (χ2v) is 5.92. The van der Waals surface area contributed by atoms with Crippen molar-refractivity contribution in [1.82, 2.24) is 4.90 Å². The van der Waals surface area contributed by atoms with Gasteiger partial charge in [0.15, 0.2) is 0 Å². The first-order valence-electron chi connectivity index (χ1n) is 8.02. The van der Waals surface area contributed by atoms with Gasteiger partial charge < -0.3 is 14.4 Å². The molecule has 3 rings (SSSR count). The van der Waals surface area contributed by atoms with Crippen molar-refractivity contribution >= 4 is 11.4 Å². The Morgan fingerprint density at radius 1 is 1.29 bits per heavy atom. The number of non-ortho nitro benzene ring substituents is 1. The molecule has 0 N–H and O–H groups in total. The number of rotatable bonds is 4. The fourth-order valence-electron chi connectivity index (χ4n) is 3.12. The Morgan fingerprint density at radius 2 is 2.08 bits per heavy atom. The highest BCUT2D eigenvalue weighted by atomic mass is 16.6. The maximum absolute atomic E-state index is 10.9. The molecule has 8 heteroatoms. The van der Waals surface area contributed by atoms with E-state index in [0.29, 0.717) is 25.3 Å². The second kappa shape index (κ2) is 7.57. The Labute approximate surface area is 140 Å². The Morgan fingerprint density at radius 3 is 2.79 bits per heavy atom. The molecule has 0 spiro atoms. The van der Waals surface area contributed by atoms with Gasteiger partial charge in [-0.15, -0.1) is 0 Å². The zero-order valence-corrected chi connectivity index (χ0v) is 13.4. The third-order valence-corrected chi connectivity index (χ3v) is 4.36. The Bertz CT molecular complexity index is 639. The van der Waals surface area contributed by atoms with Gasteiger partial charge in [-0.2, -0.15) is 5.26 Å². The summed E-state index contributed by atoms with van der Waals surface area (Å²) in [5.74, 6) is 0. The van der Waals surface area contributed by atoms with Crippen LogP contribution in [-0.2, 0) is 9.47 Å². The Balaban J connectivity index is 1.70. The van der Waals surface area contributed by atoms with Crippen LogP contribution in [0.1, 0.15) is 5.56 Å². The smallest absolute Gasteiger partial charge is 0.270 e. The molecular formula is C16H20N4O4. The quantitative estimate of drug-likeness (QED) is 0.600. The summed E-state index contributed by atoms with van der Waals surface area (Å²) in [6, 6.07) is 6.51. The summed E-state index contributed by atoms with van der Waals surface area (Å²) in [5, 5.41) is 20.2. The van der Waals surface area contributed by atoms with E-state index in [1.807, 2.05) is 0 Å². The number of nitriles is 1. The maximum atomic E-state index is 10.9. The SMILES string of the molecule is N#Cc1cc([N+](=O)[O-])ccc1N1CCOC(CN2CCOCC2)C1. The van der Waals surface area contributed by atoms with E-state index in [4.69, 9.17) is 9.47 Å². The molecule has 1 atom stereocenters. The zero-order valence-electron chi connectivity index (χ0n) is 13.4. The molecule has 8 nitrogen and oxygen atoms in total. The van der Waals surface area contributed by atoms with Crippen LogP contribution < -0.4 is 4.90 Å². The standard InChI is InChI=1S/C16H20N4O4/c17-10-13-9-14(20(21)22)1-2-16(13)19-5-8-24-15(12-19)11-18-3-6-23-7-4-18/h1-2,9,15H,3-8,11-12H2. The fourth-order valence-corrected chi connectivity index (χ4v) is 3.12. The minimum Gasteiger partial charge on any atom is -0.379 e. The van der Waals surface area contributed by atoms with Crippen LogP contribution in [0.4, 0.5) is 11.4 Å². The van der Waals surface area contributed by atoms with E-state index in [9.17, 15) is 15.4 Å². The lowest BCUT2D eigenvalue weighted by Gasteiger charge is -2.38. The van der Waals surface area contributed by atoms with E-state index in [-0.39, 0.29) is 11.8 Å². The lowest BCUT2D eigenvalue weighted by molar-refractivity contribution is -0.384. The largest absolute Gasteiger partial charge is 0.379 e. The number of hydrogen-bond donors (Lipinski definition) is 0. The first-order valence-corrected chi connectivity index (χ1v) is 8.02. The Kier molecular flexibility index (Phi) is 5.25. The van der Waals surface area contributed by atoms with Crippen LogP contribution in [-0.4, -0.2) is 68.5 Å². The molecule has 0 radical (unpaired) electrons. The number of ether oxygens (including phenoxy) is 2. The minimum absolute atomic E-state index is 0.0542. The minimum atomic E-state index is -0.481. The number of nitro benzene ring substituents is 1. The van der Waals surface area contributed by atoms with Gasteiger partial charge in [0.05, 0.1) is 42.1 Å². The molecule has 128 valence electrons. The molecule has 2 heterocycles. The topological polar surface area (TPSA) is 91.9 Å². The van der Waals surface area contributed by atoms with Crippen LogP contribution in [0.25, 0.3) is 0 Å². The monoisotopic (exact) mass is 332 g/mol. The molecule has 2 aliphatic heterocycles. The normalized spacial score (nSPS) is 22.1. The summed E-state index contributed by atoms with van der Waals surface area (Å²) in [7, 11) is 0. The molecule has 24 heavy (non-hydrogen) atoms. The molecule has 1 unspecified atom stereocenters. The van der Waals surface area contributed by atoms with Crippen molar-refractivity contribution in [3.8, 4) is 6.07 Å². The third-order valence-electron chi connectivity index (χ3n) is 4.36. The number of benzene rings is 1. The fraction of sp³-hybridized carbons (Fsp3) is 0.562. The van der Waals surface area contributed by atoms with E-state index in [1.54, 1.807) is 6.07 Å². The van der Waals surface area contributed by atoms with Crippen LogP contribution in [0.15, 0.2) is 18.2 Å². The summed E-state index contributed by atoms with van der Waals surface area (Å²) >= 11 is 0. The molecule has 0 bridgehead atoms. The zero-order chi connectivity index (χ0) is 16.9. The lowest BCUT2D eigenvalue weighted by atomic mass is 10.1. The lowest BCUT2D eigenvalue weighted by Crippen LogP contribution is -2.50. The summed E-state index contributed by atoms with van der Waals surface area (Å²) in [6.07, 6.45) is 0.0542. The number of nitrogens with zero attached hydrogens (tertiary/aromatic N) is 4. The molecule has 0 saturated carbocycles. The van der Waals surface area contributed by atoms with Crippen molar-refractivity contribution in [2.45, 2.75) is 6.10 Å². The third kappa shape index (κ3) is 3.82. The molecule has 2 fully saturated rings. The molecule has 2 aliphatic rings. The van der Waals surface area contributed by atoms with Gasteiger partial charge in [-0.25, -0.2) is 0 Å². The van der Waals surface area contributed by atoms with Gasteiger partial charge in [-0.05, 0) is 6.07 Å². The van der Waals surface area contributed by atoms with E-state index in [2.05, 4.69) is 15.9 Å². The van der Waals surface area contributed by atoms with Crippen LogP contribution >= 0.6 is 0 Å². The van der Waals surface area contributed by atoms with Gasteiger partial charge in [0.25, 0.3) is 5.69 Å². The molecule has 1 aromatic rings. The molecular weight excluding hydrogens is 312 g/mol. The molecule has 1 aromatic carbocycles. The van der Waals surface area contributed by atoms with Gasteiger partial charge in [0.1, 0.15) is 6.07 Å². The van der Waals surface area contributed by atoms with Crippen LogP contribution in [0, 0.1) is 21.4 Å². The van der Waals surface area contributed by atoms with Crippen molar-refractivity contribution < 1.29 is 14.4 Å². The van der Waals surface area contributed by atoms with Gasteiger partial charge in [0.2, 0.25) is 0 Å². The number of nitro groups is 1. The molecule has 0 aliphatic carbocycles. The number of anilines is 1. The van der Waals surface area contributed by atoms with Crippen molar-refractivity contribution in [3.05, 3.63) is 33.9 Å². The van der Waals surface area contributed by atoms with E-state index < -0.39 is 4.92 Å². The highest BCUT2D eigenvalue weighted by molar-refractivity contribution is 5.63. The Hall–Kier alpha value is -2.21. The van der Waals surface area contributed by atoms with Crippen LogP contribution in [0.5, 0.6) is 0 Å². The van der Waals surface area contributed by atoms with Crippen molar-refractivity contribution in [2.24, 2.45) is 0 Å². The predicted octanol–water partition coefficient (Wildman–Crippen LogP) is 1.00. The van der Waals surface area contributed by atoms with E-state index in [0.717, 1.165) is 38.5 Å². The summed E-state index contributed by atoms with van der Waals surface area (Å²) in [5.41, 5.74) is 1.00. The number of morpholine rings is 2. The van der Waals surface area contributed by atoms with Gasteiger partial charge in [-0.1, -0.05) is 0 Å². The highest BCUT2D eigenvalue weighted by Crippen LogP contribution is 2.26. The van der Waals surface area contributed by atoms with Gasteiger partial charge in [0, 0.05) is 44.9 Å². The van der Waals surface area contributed by atoms with Crippen molar-refractivity contribution in [1.29, 1.82) is 5.26 Å². The molecule has 0 aromatic heterocycles. The summed E-state index contributed by atoms with van der Waals surface area (Å²) in [4.78, 5) is 14.8. The first-order chi connectivity index (χ1) is 11.7. The highest BCUT2D eigenvalue weighted by Gasteiger charge is 2.25. The summed E-state index contributed by atoms with van der Waals surface area (Å²) in [6.45, 7) is 6.05. The first kappa shape index (κ1) is 16.6. The van der Waals surface area contributed by atoms with E-state index in [1.165, 1.54) is 12.1 Å². The molecule has 0 amide bonds. The number of hydrogen-bond acceptors (Lipinski definition) is 7. The van der Waals surface area contributed by atoms with Crippen molar-refractivity contribution in [3.63, 3.8) is 0 Å².